The van der Waals surface area contributed by atoms with Crippen molar-refractivity contribution in [1.82, 2.24) is 4.57 Å². The molecule has 0 spiro atoms. The predicted octanol–water partition coefficient (Wildman–Crippen LogP) is 6.42. The summed E-state index contributed by atoms with van der Waals surface area (Å²) < 4.78 is 4.21. The third-order valence-corrected chi connectivity index (χ3v) is 5.19. The van der Waals surface area contributed by atoms with Gasteiger partial charge in [0.2, 0.25) is 0 Å². The van der Waals surface area contributed by atoms with Gasteiger partial charge in [0.25, 0.3) is 0 Å². The molecular weight excluding hydrogens is 322 g/mol. The summed E-state index contributed by atoms with van der Waals surface area (Å²) in [6, 6.07) is 8.25. The van der Waals surface area contributed by atoms with Crippen LogP contribution in [-0.2, 0) is 6.54 Å². The number of thiazole rings is 1. The zero-order valence-electron chi connectivity index (χ0n) is 14.0. The molecule has 4 heteroatoms. The third kappa shape index (κ3) is 4.21. The van der Waals surface area contributed by atoms with E-state index in [0.29, 0.717) is 18.2 Å². The Hall–Kier alpha value is -1.65. The molecule has 2 rings (SSSR count). The number of nitrogens with zero attached hydrogens (tertiary/aromatic N) is 1. The number of aromatic nitrogens is 1. The molecule has 0 bridgehead atoms. The lowest BCUT2D eigenvalue weighted by Gasteiger charge is -2.10. The zero-order chi connectivity index (χ0) is 17.0. The highest BCUT2D eigenvalue weighted by Gasteiger charge is 2.07. The summed E-state index contributed by atoms with van der Waals surface area (Å²) >= 11 is 7.10. The Morgan fingerprint density at radius 1 is 1.35 bits per heavy atom. The molecule has 0 aliphatic heterocycles. The Bertz CT molecular complexity index is 834. The van der Waals surface area contributed by atoms with Gasteiger partial charge in [0.05, 0.1) is 10.2 Å². The van der Waals surface area contributed by atoms with Gasteiger partial charge in [0.1, 0.15) is 5.76 Å². The van der Waals surface area contributed by atoms with Crippen molar-refractivity contribution in [3.63, 3.8) is 0 Å². The molecule has 0 saturated carbocycles. The largest absolute Gasteiger partial charge is 0.508 e. The Labute approximate surface area is 147 Å². The Kier molecular flexibility index (Phi) is 5.97. The van der Waals surface area contributed by atoms with E-state index < -0.39 is 0 Å². The van der Waals surface area contributed by atoms with E-state index in [9.17, 15) is 5.11 Å². The predicted molar refractivity (Wildman–Crippen MR) is 104 cm³/mol. The summed E-state index contributed by atoms with van der Waals surface area (Å²) in [5, 5.41) is 10.3. The van der Waals surface area contributed by atoms with Crippen molar-refractivity contribution in [2.45, 2.75) is 34.2 Å². The van der Waals surface area contributed by atoms with Crippen molar-refractivity contribution >= 4 is 33.8 Å². The molecule has 0 amide bonds. The molecular formula is C19H23NOS2. The van der Waals surface area contributed by atoms with Crippen LogP contribution in [0.1, 0.15) is 27.7 Å². The maximum Gasteiger partial charge on any atom is 0.162 e. The van der Waals surface area contributed by atoms with Gasteiger partial charge < -0.3 is 9.67 Å². The van der Waals surface area contributed by atoms with Crippen LogP contribution in [0.15, 0.2) is 59.4 Å². The highest BCUT2D eigenvalue weighted by Crippen LogP contribution is 2.23. The van der Waals surface area contributed by atoms with E-state index >= 15 is 0 Å². The second-order valence-corrected chi connectivity index (χ2v) is 7.50. The van der Waals surface area contributed by atoms with E-state index in [2.05, 4.69) is 36.6 Å². The van der Waals surface area contributed by atoms with Gasteiger partial charge >= 0.3 is 0 Å². The first-order chi connectivity index (χ1) is 10.9. The Morgan fingerprint density at radius 3 is 2.70 bits per heavy atom. The second-order valence-electron chi connectivity index (χ2n) is 5.82. The molecule has 23 heavy (non-hydrogen) atoms. The van der Waals surface area contributed by atoms with E-state index in [1.807, 2.05) is 38.1 Å². The van der Waals surface area contributed by atoms with Crippen LogP contribution in [0.3, 0.4) is 0 Å². The van der Waals surface area contributed by atoms with Crippen LogP contribution in [0.4, 0.5) is 0 Å². The van der Waals surface area contributed by atoms with Crippen molar-refractivity contribution in [3.8, 4) is 0 Å². The Morgan fingerprint density at radius 2 is 2.04 bits per heavy atom. The van der Waals surface area contributed by atoms with Gasteiger partial charge in [0.15, 0.2) is 3.95 Å². The van der Waals surface area contributed by atoms with E-state index in [-0.39, 0.29) is 0 Å². The van der Waals surface area contributed by atoms with Gasteiger partial charge in [0, 0.05) is 6.54 Å². The quantitative estimate of drug-likeness (QED) is 0.384. The Balaban J connectivity index is 2.25. The molecule has 0 aliphatic carbocycles. The van der Waals surface area contributed by atoms with Crippen molar-refractivity contribution < 1.29 is 5.11 Å². The lowest BCUT2D eigenvalue weighted by atomic mass is 10.00. The van der Waals surface area contributed by atoms with Crippen LogP contribution in [0, 0.1) is 9.87 Å². The van der Waals surface area contributed by atoms with Gasteiger partial charge in [-0.1, -0.05) is 38.1 Å². The monoisotopic (exact) mass is 345 g/mol. The lowest BCUT2D eigenvalue weighted by molar-refractivity contribution is 0.410. The van der Waals surface area contributed by atoms with Gasteiger partial charge in [-0.15, -0.1) is 11.3 Å². The van der Waals surface area contributed by atoms with Crippen molar-refractivity contribution in [3.05, 3.63) is 63.4 Å². The van der Waals surface area contributed by atoms with Crippen molar-refractivity contribution in [2.75, 3.05) is 0 Å². The molecule has 2 aromatic rings. The van der Waals surface area contributed by atoms with Crippen LogP contribution in [0.5, 0.6) is 0 Å². The molecule has 0 aliphatic rings. The standard InChI is InChI=1S/C19H23NOS2/c1-5-15(13(2)3)17(21)12-14(4)10-11-20-16-8-6-7-9-18(16)23-19(20)22/h5-10,12-13,21H,11H2,1-4H3/b14-10+,15-5-,17-12+. The summed E-state index contributed by atoms with van der Waals surface area (Å²) in [7, 11) is 0. The minimum absolute atomic E-state index is 0.304. The second kappa shape index (κ2) is 7.75. The summed E-state index contributed by atoms with van der Waals surface area (Å²) in [4.78, 5) is 0. The number of para-hydroxylation sites is 1. The molecule has 0 unspecified atom stereocenters. The topological polar surface area (TPSA) is 25.2 Å². The average molecular weight is 346 g/mol. The number of aliphatic hydroxyl groups excluding tert-OH is 1. The number of hydrogen-bond donors (Lipinski definition) is 1. The molecule has 2 nitrogen and oxygen atoms in total. The average Bonchev–Trinajstić information content (AvgIpc) is 2.80. The number of hydrogen-bond acceptors (Lipinski definition) is 3. The number of rotatable bonds is 5. The number of benzene rings is 1. The molecule has 1 aromatic carbocycles. The molecule has 0 radical (unpaired) electrons. The van der Waals surface area contributed by atoms with Crippen LogP contribution in [0.2, 0.25) is 0 Å². The van der Waals surface area contributed by atoms with Crippen LogP contribution < -0.4 is 0 Å². The molecule has 0 saturated heterocycles. The third-order valence-electron chi connectivity index (χ3n) is 3.76. The highest BCUT2D eigenvalue weighted by molar-refractivity contribution is 7.73. The first kappa shape index (κ1) is 17.7. The van der Waals surface area contributed by atoms with Gasteiger partial charge in [-0.25, -0.2) is 0 Å². The zero-order valence-corrected chi connectivity index (χ0v) is 15.7. The van der Waals surface area contributed by atoms with E-state index in [1.165, 1.54) is 4.70 Å². The maximum absolute atomic E-state index is 10.3. The van der Waals surface area contributed by atoms with E-state index in [1.54, 1.807) is 11.3 Å². The summed E-state index contributed by atoms with van der Waals surface area (Å²) in [6.07, 6.45) is 5.89. The van der Waals surface area contributed by atoms with Crippen molar-refractivity contribution in [1.29, 1.82) is 0 Å². The molecule has 0 atom stereocenters. The first-order valence-electron chi connectivity index (χ1n) is 7.76. The fraction of sp³-hybridized carbons (Fsp3) is 0.316. The van der Waals surface area contributed by atoms with Crippen molar-refractivity contribution in [2.24, 2.45) is 5.92 Å². The molecule has 122 valence electrons. The van der Waals surface area contributed by atoms with Gasteiger partial charge in [-0.3, -0.25) is 0 Å². The SMILES string of the molecule is C\C=C(/C(O)=C\C(C)=C\Cn1c(=S)sc2ccccc21)C(C)C. The minimum Gasteiger partial charge on any atom is -0.508 e. The molecule has 1 N–H and O–H groups in total. The number of allylic oxidation sites excluding steroid dienone is 5. The summed E-state index contributed by atoms with van der Waals surface area (Å²) in [5.41, 5.74) is 3.16. The minimum atomic E-state index is 0.304. The van der Waals surface area contributed by atoms with Gasteiger partial charge in [-0.2, -0.15) is 0 Å². The van der Waals surface area contributed by atoms with E-state index in [0.717, 1.165) is 20.6 Å². The molecule has 1 heterocycles. The summed E-state index contributed by atoms with van der Waals surface area (Å²) in [6.45, 7) is 8.83. The van der Waals surface area contributed by atoms with E-state index in [4.69, 9.17) is 12.2 Å². The lowest BCUT2D eigenvalue weighted by Crippen LogP contribution is -1.98. The first-order valence-corrected chi connectivity index (χ1v) is 8.99. The van der Waals surface area contributed by atoms with Crippen LogP contribution >= 0.6 is 23.6 Å². The summed E-state index contributed by atoms with van der Waals surface area (Å²) in [5.74, 6) is 0.647. The van der Waals surface area contributed by atoms with Crippen LogP contribution in [0.25, 0.3) is 10.2 Å². The van der Waals surface area contributed by atoms with Gasteiger partial charge in [-0.05, 0) is 61.3 Å². The molecule has 0 fully saturated rings. The maximum atomic E-state index is 10.3. The molecule has 1 aromatic heterocycles. The van der Waals surface area contributed by atoms with Crippen LogP contribution in [-0.4, -0.2) is 9.67 Å². The fourth-order valence-electron chi connectivity index (χ4n) is 2.56. The smallest absolute Gasteiger partial charge is 0.162 e. The normalized spacial score (nSPS) is 14.0. The number of aliphatic hydroxyl groups is 1. The number of fused-ring (bicyclic) bond motifs is 1. The fourth-order valence-corrected chi connectivity index (χ4v) is 3.90. The highest BCUT2D eigenvalue weighted by atomic mass is 32.1.